The van der Waals surface area contributed by atoms with E-state index in [0.717, 1.165) is 41.3 Å². The minimum Gasteiger partial charge on any atom is -0.301 e. The largest absolute Gasteiger partial charge is 0.301 e. The maximum Gasteiger partial charge on any atom is 0.230 e. The molecule has 0 N–H and O–H groups in total. The summed E-state index contributed by atoms with van der Waals surface area (Å²) >= 11 is 7.76. The molecule has 1 saturated carbocycles. The van der Waals surface area contributed by atoms with Crippen LogP contribution in [-0.4, -0.2) is 22.4 Å². The number of rotatable bonds is 4. The Balaban J connectivity index is 1.89. The van der Waals surface area contributed by atoms with Crippen LogP contribution < -0.4 is 4.90 Å². The highest BCUT2D eigenvalue weighted by Crippen LogP contribution is 2.39. The van der Waals surface area contributed by atoms with E-state index >= 15 is 0 Å². The predicted octanol–water partition coefficient (Wildman–Crippen LogP) is 4.40. The lowest BCUT2D eigenvalue weighted by Gasteiger charge is -2.22. The Bertz CT molecular complexity index is 653. The van der Waals surface area contributed by atoms with Crippen molar-refractivity contribution in [1.82, 2.24) is 9.97 Å². The van der Waals surface area contributed by atoms with Gasteiger partial charge >= 0.3 is 0 Å². The lowest BCUT2D eigenvalue weighted by molar-refractivity contribution is -0.122. The number of carbonyl (C=O) groups excluding carboxylic acids is 1. The highest BCUT2D eigenvalue weighted by atomic mass is 35.5. The maximum absolute atomic E-state index is 12.7. The molecule has 1 fully saturated rings. The molecule has 116 valence electrons. The fraction of sp³-hybridized carbons (Fsp3) is 0.438. The smallest absolute Gasteiger partial charge is 0.230 e. The lowest BCUT2D eigenvalue weighted by atomic mass is 10.1. The summed E-state index contributed by atoms with van der Waals surface area (Å²) in [4.78, 5) is 23.0. The fourth-order valence-corrected chi connectivity index (χ4v) is 4.24. The molecule has 0 bridgehead atoms. The molecule has 0 radical (unpaired) electrons. The van der Waals surface area contributed by atoms with E-state index in [-0.39, 0.29) is 11.8 Å². The van der Waals surface area contributed by atoms with Gasteiger partial charge in [0.05, 0.1) is 0 Å². The molecule has 2 aromatic heterocycles. The molecular formula is C16H18ClN3OS. The molecule has 0 aliphatic heterocycles. The molecule has 22 heavy (non-hydrogen) atoms. The van der Waals surface area contributed by atoms with Crippen LogP contribution in [0.15, 0.2) is 24.5 Å². The first-order chi connectivity index (χ1) is 10.7. The van der Waals surface area contributed by atoms with Crippen LogP contribution in [0.2, 0.25) is 5.15 Å². The zero-order valence-corrected chi connectivity index (χ0v) is 14.0. The summed E-state index contributed by atoms with van der Waals surface area (Å²) in [5, 5.41) is 1.95. The Hall–Kier alpha value is -1.46. The molecule has 2 aromatic rings. The first-order valence-electron chi connectivity index (χ1n) is 7.58. The number of carbonyl (C=O) groups is 1. The first-order valence-corrected chi connectivity index (χ1v) is 8.78. The second kappa shape index (κ2) is 6.75. The normalized spacial score (nSPS) is 15.2. The van der Waals surface area contributed by atoms with Gasteiger partial charge in [0.2, 0.25) is 5.91 Å². The molecule has 0 atom stereocenters. The number of pyridine rings is 1. The first kappa shape index (κ1) is 15.4. The standard InChI is InChI=1S/C16H18ClN3OS/c1-2-20(15(21)11-6-3-4-7-11)16-13(17)19-14(22-16)12-8-5-9-18-10-12/h5,8-11H,2-4,6-7H2,1H3. The van der Waals surface area contributed by atoms with Gasteiger partial charge < -0.3 is 4.90 Å². The summed E-state index contributed by atoms with van der Waals surface area (Å²) in [5.41, 5.74) is 0.921. The van der Waals surface area contributed by atoms with E-state index in [0.29, 0.717) is 11.7 Å². The molecule has 1 amide bonds. The van der Waals surface area contributed by atoms with Crippen molar-refractivity contribution in [1.29, 1.82) is 0 Å². The second-order valence-electron chi connectivity index (χ2n) is 5.42. The SMILES string of the molecule is CCN(C(=O)C1CCCC1)c1sc(-c2cccnc2)nc1Cl. The van der Waals surface area contributed by atoms with E-state index in [1.165, 1.54) is 11.3 Å². The number of thiazole rings is 1. The Labute approximate surface area is 139 Å². The van der Waals surface area contributed by atoms with Crippen LogP contribution in [0.25, 0.3) is 10.6 Å². The van der Waals surface area contributed by atoms with Gasteiger partial charge in [-0.2, -0.15) is 0 Å². The topological polar surface area (TPSA) is 46.1 Å². The zero-order chi connectivity index (χ0) is 15.5. The average molecular weight is 336 g/mol. The van der Waals surface area contributed by atoms with E-state index < -0.39 is 0 Å². The van der Waals surface area contributed by atoms with Gasteiger partial charge in [-0.3, -0.25) is 9.78 Å². The third-order valence-electron chi connectivity index (χ3n) is 4.01. The van der Waals surface area contributed by atoms with Crippen molar-refractivity contribution in [2.75, 3.05) is 11.4 Å². The molecule has 3 rings (SSSR count). The quantitative estimate of drug-likeness (QED) is 0.831. The van der Waals surface area contributed by atoms with Gasteiger partial charge in [0.15, 0.2) is 5.15 Å². The van der Waals surface area contributed by atoms with Crippen LogP contribution in [0.1, 0.15) is 32.6 Å². The van der Waals surface area contributed by atoms with Crippen molar-refractivity contribution < 1.29 is 4.79 Å². The Morgan fingerprint density at radius 2 is 2.23 bits per heavy atom. The molecule has 2 heterocycles. The van der Waals surface area contributed by atoms with Gasteiger partial charge in [0, 0.05) is 30.4 Å². The summed E-state index contributed by atoms with van der Waals surface area (Å²) in [6.07, 6.45) is 7.74. The molecule has 1 aliphatic carbocycles. The molecular weight excluding hydrogens is 318 g/mol. The van der Waals surface area contributed by atoms with Crippen LogP contribution in [0.5, 0.6) is 0 Å². The van der Waals surface area contributed by atoms with Crippen molar-refractivity contribution in [2.45, 2.75) is 32.6 Å². The van der Waals surface area contributed by atoms with Crippen LogP contribution in [0.4, 0.5) is 5.00 Å². The van der Waals surface area contributed by atoms with Gasteiger partial charge in [-0.1, -0.05) is 35.8 Å². The number of hydrogen-bond acceptors (Lipinski definition) is 4. The molecule has 0 saturated heterocycles. The highest BCUT2D eigenvalue weighted by molar-refractivity contribution is 7.19. The lowest BCUT2D eigenvalue weighted by Crippen LogP contribution is -2.34. The summed E-state index contributed by atoms with van der Waals surface area (Å²) in [6, 6.07) is 3.81. The van der Waals surface area contributed by atoms with E-state index in [4.69, 9.17) is 11.6 Å². The number of anilines is 1. The Kier molecular flexibility index (Phi) is 4.74. The number of hydrogen-bond donors (Lipinski definition) is 0. The van der Waals surface area contributed by atoms with Gasteiger partial charge in [-0.15, -0.1) is 0 Å². The van der Waals surface area contributed by atoms with Crippen LogP contribution in [0, 0.1) is 5.92 Å². The monoisotopic (exact) mass is 335 g/mol. The summed E-state index contributed by atoms with van der Waals surface area (Å²) in [6.45, 7) is 2.59. The van der Waals surface area contributed by atoms with Crippen LogP contribution in [0.3, 0.4) is 0 Å². The van der Waals surface area contributed by atoms with Gasteiger partial charge in [-0.05, 0) is 31.9 Å². The van der Waals surface area contributed by atoms with Crippen molar-refractivity contribution >= 4 is 33.8 Å². The zero-order valence-electron chi connectivity index (χ0n) is 12.5. The van der Waals surface area contributed by atoms with Crippen molar-refractivity contribution in [3.8, 4) is 10.6 Å². The number of nitrogens with zero attached hydrogens (tertiary/aromatic N) is 3. The van der Waals surface area contributed by atoms with Crippen LogP contribution in [-0.2, 0) is 4.79 Å². The van der Waals surface area contributed by atoms with Gasteiger partial charge in [0.25, 0.3) is 0 Å². The van der Waals surface area contributed by atoms with E-state index in [1.807, 2.05) is 19.1 Å². The molecule has 1 aliphatic rings. The molecule has 4 nitrogen and oxygen atoms in total. The predicted molar refractivity (Wildman–Crippen MR) is 90.3 cm³/mol. The molecule has 0 unspecified atom stereocenters. The Morgan fingerprint density at radius 1 is 1.45 bits per heavy atom. The highest BCUT2D eigenvalue weighted by Gasteiger charge is 2.29. The minimum atomic E-state index is 0.139. The summed E-state index contributed by atoms with van der Waals surface area (Å²) < 4.78 is 0. The fourth-order valence-electron chi connectivity index (χ4n) is 2.87. The molecule has 0 spiro atoms. The Morgan fingerprint density at radius 3 is 2.86 bits per heavy atom. The third-order valence-corrected chi connectivity index (χ3v) is 5.51. The average Bonchev–Trinajstić information content (AvgIpc) is 3.19. The molecule has 6 heteroatoms. The van der Waals surface area contributed by atoms with Gasteiger partial charge in [0.1, 0.15) is 10.0 Å². The molecule has 0 aromatic carbocycles. The second-order valence-corrected chi connectivity index (χ2v) is 6.76. The van der Waals surface area contributed by atoms with Crippen molar-refractivity contribution in [3.63, 3.8) is 0 Å². The van der Waals surface area contributed by atoms with Gasteiger partial charge in [-0.25, -0.2) is 4.98 Å². The number of halogens is 1. The van der Waals surface area contributed by atoms with E-state index in [1.54, 1.807) is 17.3 Å². The maximum atomic E-state index is 12.7. The number of aromatic nitrogens is 2. The summed E-state index contributed by atoms with van der Waals surface area (Å²) in [7, 11) is 0. The van der Waals surface area contributed by atoms with Crippen molar-refractivity contribution in [3.05, 3.63) is 29.7 Å². The van der Waals surface area contributed by atoms with E-state index in [2.05, 4.69) is 9.97 Å². The summed E-state index contributed by atoms with van der Waals surface area (Å²) in [5.74, 6) is 0.322. The van der Waals surface area contributed by atoms with Crippen LogP contribution >= 0.6 is 22.9 Å². The van der Waals surface area contributed by atoms with E-state index in [9.17, 15) is 4.79 Å². The minimum absolute atomic E-state index is 0.139. The van der Waals surface area contributed by atoms with Crippen molar-refractivity contribution in [2.24, 2.45) is 5.92 Å². The third kappa shape index (κ3) is 3.01. The number of amides is 1.